The molecule has 6 nitrogen and oxygen atoms in total. The molecule has 0 aromatic heterocycles. The minimum Gasteiger partial charge on any atom is -0.338 e. The third-order valence-corrected chi connectivity index (χ3v) is 2.96. The average molecular weight is 272 g/mol. The van der Waals surface area contributed by atoms with Crippen LogP contribution in [0.5, 0.6) is 0 Å². The van der Waals surface area contributed by atoms with Gasteiger partial charge < -0.3 is 15.5 Å². The van der Waals surface area contributed by atoms with E-state index in [2.05, 4.69) is 34.7 Å². The van der Waals surface area contributed by atoms with Crippen molar-refractivity contribution < 1.29 is 9.59 Å². The number of nitrogens with zero attached hydrogens (tertiary/aromatic N) is 1. The van der Waals surface area contributed by atoms with Gasteiger partial charge in [0.15, 0.2) is 0 Å². The normalized spacial score (nSPS) is 12.3. The van der Waals surface area contributed by atoms with Gasteiger partial charge in [-0.1, -0.05) is 13.8 Å². The lowest BCUT2D eigenvalue weighted by Crippen LogP contribution is -2.48. The van der Waals surface area contributed by atoms with Crippen LogP contribution >= 0.6 is 0 Å². The Morgan fingerprint density at radius 2 is 1.79 bits per heavy atom. The maximum absolute atomic E-state index is 11.6. The molecule has 112 valence electrons. The van der Waals surface area contributed by atoms with Gasteiger partial charge in [0.2, 0.25) is 5.91 Å². The van der Waals surface area contributed by atoms with Crippen LogP contribution in [0.3, 0.4) is 0 Å². The zero-order valence-electron chi connectivity index (χ0n) is 12.6. The molecule has 1 unspecified atom stereocenters. The molecule has 0 spiro atoms. The summed E-state index contributed by atoms with van der Waals surface area (Å²) in [6, 6.07) is -0.802. The molecule has 6 heteroatoms. The fourth-order valence-electron chi connectivity index (χ4n) is 1.68. The van der Waals surface area contributed by atoms with Gasteiger partial charge >= 0.3 is 6.03 Å². The van der Waals surface area contributed by atoms with E-state index in [0.717, 1.165) is 32.6 Å². The highest BCUT2D eigenvalue weighted by Gasteiger charge is 2.14. The van der Waals surface area contributed by atoms with Crippen LogP contribution in [0, 0.1) is 0 Å². The number of carbonyl (C=O) groups excluding carboxylic acids is 2. The van der Waals surface area contributed by atoms with Gasteiger partial charge in [-0.05, 0) is 46.4 Å². The first kappa shape index (κ1) is 17.9. The maximum atomic E-state index is 11.6. The van der Waals surface area contributed by atoms with Crippen molar-refractivity contribution in [3.8, 4) is 0 Å². The number of hydrogen-bond donors (Lipinski definition) is 3. The number of imide groups is 1. The van der Waals surface area contributed by atoms with Crippen molar-refractivity contribution in [1.29, 1.82) is 0 Å². The van der Waals surface area contributed by atoms with Crippen molar-refractivity contribution in [3.05, 3.63) is 0 Å². The fourth-order valence-corrected chi connectivity index (χ4v) is 1.68. The van der Waals surface area contributed by atoms with Gasteiger partial charge in [0.05, 0.1) is 6.04 Å². The van der Waals surface area contributed by atoms with Gasteiger partial charge in [0, 0.05) is 6.54 Å². The molecule has 0 aromatic carbocycles. The molecule has 0 aliphatic carbocycles. The molecular weight excluding hydrogens is 244 g/mol. The molecule has 0 bridgehead atoms. The largest absolute Gasteiger partial charge is 0.338 e. The van der Waals surface area contributed by atoms with Crippen LogP contribution in [0.15, 0.2) is 0 Å². The molecule has 3 amide bonds. The number of urea groups is 1. The fraction of sp³-hybridized carbons (Fsp3) is 0.846. The van der Waals surface area contributed by atoms with Crippen molar-refractivity contribution in [1.82, 2.24) is 20.9 Å². The van der Waals surface area contributed by atoms with Crippen molar-refractivity contribution in [2.45, 2.75) is 40.2 Å². The molecule has 1 atom stereocenters. The van der Waals surface area contributed by atoms with E-state index < -0.39 is 6.03 Å². The first-order valence-electron chi connectivity index (χ1n) is 7.09. The van der Waals surface area contributed by atoms with Gasteiger partial charge in [-0.25, -0.2) is 4.79 Å². The first-order valence-corrected chi connectivity index (χ1v) is 7.09. The zero-order chi connectivity index (χ0) is 14.7. The van der Waals surface area contributed by atoms with E-state index in [-0.39, 0.29) is 11.9 Å². The van der Waals surface area contributed by atoms with Gasteiger partial charge in [-0.2, -0.15) is 0 Å². The second-order valence-corrected chi connectivity index (χ2v) is 4.40. The lowest BCUT2D eigenvalue weighted by molar-refractivity contribution is -0.121. The second kappa shape index (κ2) is 10.8. The van der Waals surface area contributed by atoms with Crippen molar-refractivity contribution in [2.24, 2.45) is 0 Å². The Kier molecular flexibility index (Phi) is 10.1. The van der Waals surface area contributed by atoms with Crippen LogP contribution in [-0.2, 0) is 4.79 Å². The third kappa shape index (κ3) is 8.56. The first-order chi connectivity index (χ1) is 9.04. The molecule has 0 aliphatic heterocycles. The average Bonchev–Trinajstić information content (AvgIpc) is 2.38. The van der Waals surface area contributed by atoms with Crippen molar-refractivity contribution >= 4 is 11.9 Å². The maximum Gasteiger partial charge on any atom is 0.321 e. The summed E-state index contributed by atoms with van der Waals surface area (Å²) in [6.07, 6.45) is 0.987. The standard InChI is InChI=1S/C13H28N4O2/c1-5-14-13(19)16-12(18)11(4)15-9-8-10-17(6-2)7-3/h11,15H,5-10H2,1-4H3,(H2,14,16,18,19). The number of hydrogen-bond acceptors (Lipinski definition) is 4. The molecule has 0 saturated heterocycles. The highest BCUT2D eigenvalue weighted by molar-refractivity contribution is 5.96. The molecule has 0 aliphatic rings. The molecule has 0 saturated carbocycles. The van der Waals surface area contributed by atoms with Crippen LogP contribution in [0.4, 0.5) is 4.79 Å². The van der Waals surface area contributed by atoms with Gasteiger partial charge in [-0.3, -0.25) is 10.1 Å². The second-order valence-electron chi connectivity index (χ2n) is 4.40. The summed E-state index contributed by atoms with van der Waals surface area (Å²) in [6.45, 7) is 12.2. The van der Waals surface area contributed by atoms with Crippen LogP contribution in [0.1, 0.15) is 34.1 Å². The summed E-state index contributed by atoms with van der Waals surface area (Å²) in [5.74, 6) is -0.297. The number of rotatable bonds is 9. The van der Waals surface area contributed by atoms with E-state index >= 15 is 0 Å². The summed E-state index contributed by atoms with van der Waals surface area (Å²) >= 11 is 0. The van der Waals surface area contributed by atoms with E-state index in [0.29, 0.717) is 6.54 Å². The molecule has 0 fully saturated rings. The van der Waals surface area contributed by atoms with Crippen LogP contribution in [-0.4, -0.2) is 55.6 Å². The SMILES string of the molecule is CCNC(=O)NC(=O)C(C)NCCCN(CC)CC. The summed E-state index contributed by atoms with van der Waals surface area (Å²) in [5, 5.41) is 7.93. The molecule has 0 rings (SSSR count). The summed E-state index contributed by atoms with van der Waals surface area (Å²) in [4.78, 5) is 25.1. The smallest absolute Gasteiger partial charge is 0.321 e. The third-order valence-electron chi connectivity index (χ3n) is 2.96. The molecule has 0 aromatic rings. The van der Waals surface area contributed by atoms with E-state index in [9.17, 15) is 9.59 Å². The highest BCUT2D eigenvalue weighted by atomic mass is 16.2. The predicted molar refractivity (Wildman–Crippen MR) is 77.1 cm³/mol. The molecular formula is C13H28N4O2. The Bertz CT molecular complexity index is 267. The Morgan fingerprint density at radius 1 is 1.16 bits per heavy atom. The summed E-state index contributed by atoms with van der Waals surface area (Å²) < 4.78 is 0. The summed E-state index contributed by atoms with van der Waals surface area (Å²) in [5.41, 5.74) is 0. The van der Waals surface area contributed by atoms with Crippen LogP contribution in [0.25, 0.3) is 0 Å². The minimum atomic E-state index is -0.440. The molecule has 0 heterocycles. The molecule has 19 heavy (non-hydrogen) atoms. The van der Waals surface area contributed by atoms with Crippen molar-refractivity contribution in [3.63, 3.8) is 0 Å². The van der Waals surface area contributed by atoms with Gasteiger partial charge in [0.25, 0.3) is 0 Å². The Hall–Kier alpha value is -1.14. The van der Waals surface area contributed by atoms with Gasteiger partial charge in [-0.15, -0.1) is 0 Å². The summed E-state index contributed by atoms with van der Waals surface area (Å²) in [7, 11) is 0. The van der Waals surface area contributed by atoms with E-state index in [1.807, 2.05) is 0 Å². The van der Waals surface area contributed by atoms with Crippen LogP contribution in [0.2, 0.25) is 0 Å². The lowest BCUT2D eigenvalue weighted by Gasteiger charge is -2.19. The lowest BCUT2D eigenvalue weighted by atomic mass is 10.3. The Balaban J connectivity index is 3.76. The van der Waals surface area contributed by atoms with Crippen LogP contribution < -0.4 is 16.0 Å². The number of nitrogens with one attached hydrogen (secondary N) is 3. The van der Waals surface area contributed by atoms with E-state index in [1.165, 1.54) is 0 Å². The predicted octanol–water partition coefficient (Wildman–Crippen LogP) is 0.542. The van der Waals surface area contributed by atoms with E-state index in [1.54, 1.807) is 13.8 Å². The minimum absolute atomic E-state index is 0.297. The topological polar surface area (TPSA) is 73.5 Å². The molecule has 0 radical (unpaired) electrons. The quantitative estimate of drug-likeness (QED) is 0.536. The zero-order valence-corrected chi connectivity index (χ0v) is 12.6. The number of carbonyl (C=O) groups is 2. The monoisotopic (exact) mass is 272 g/mol. The van der Waals surface area contributed by atoms with E-state index in [4.69, 9.17) is 0 Å². The highest BCUT2D eigenvalue weighted by Crippen LogP contribution is 1.90. The Morgan fingerprint density at radius 3 is 2.32 bits per heavy atom. The molecule has 3 N–H and O–H groups in total. The van der Waals surface area contributed by atoms with Gasteiger partial charge in [0.1, 0.15) is 0 Å². The number of amides is 3. The Labute approximate surface area is 116 Å². The van der Waals surface area contributed by atoms with Crippen molar-refractivity contribution in [2.75, 3.05) is 32.7 Å².